The molecule has 0 unspecified atom stereocenters. The van der Waals surface area contributed by atoms with Crippen molar-refractivity contribution >= 4 is 29.7 Å². The third-order valence-electron chi connectivity index (χ3n) is 4.66. The van der Waals surface area contributed by atoms with E-state index in [9.17, 15) is 9.59 Å². The highest BCUT2D eigenvalue weighted by atomic mass is 35.5. The van der Waals surface area contributed by atoms with Crippen LogP contribution in [0.15, 0.2) is 41.1 Å². The SMILES string of the molecule is C/C(=C\C(Cl)=C1\C(=O)NC2(CCN(C)CC2)N1C=O)Nc1ccncn1. The van der Waals surface area contributed by atoms with Crippen LogP contribution in [0.1, 0.15) is 19.8 Å². The van der Waals surface area contributed by atoms with Gasteiger partial charge in [-0.2, -0.15) is 0 Å². The largest absolute Gasteiger partial charge is 0.344 e. The lowest BCUT2D eigenvalue weighted by atomic mass is 9.97. The van der Waals surface area contributed by atoms with Crippen LogP contribution < -0.4 is 10.6 Å². The van der Waals surface area contributed by atoms with Gasteiger partial charge in [0.2, 0.25) is 6.41 Å². The lowest BCUT2D eigenvalue weighted by Crippen LogP contribution is -2.57. The Balaban J connectivity index is 1.86. The fraction of sp³-hybridized carbons (Fsp3) is 0.412. The first-order valence-corrected chi connectivity index (χ1v) is 8.70. The summed E-state index contributed by atoms with van der Waals surface area (Å²) in [6.45, 7) is 3.38. The van der Waals surface area contributed by atoms with E-state index >= 15 is 0 Å². The minimum atomic E-state index is -0.692. The van der Waals surface area contributed by atoms with Crippen molar-refractivity contribution in [2.24, 2.45) is 0 Å². The van der Waals surface area contributed by atoms with Crippen LogP contribution in [0.5, 0.6) is 0 Å². The summed E-state index contributed by atoms with van der Waals surface area (Å²) in [4.78, 5) is 35.9. The number of likely N-dealkylation sites (tertiary alicyclic amines) is 1. The van der Waals surface area contributed by atoms with Gasteiger partial charge in [-0.25, -0.2) is 9.97 Å². The minimum Gasteiger partial charge on any atom is -0.344 e. The van der Waals surface area contributed by atoms with Crippen molar-refractivity contribution in [3.05, 3.63) is 41.1 Å². The smallest absolute Gasteiger partial charge is 0.271 e. The highest BCUT2D eigenvalue weighted by molar-refractivity contribution is 6.33. The molecule has 3 rings (SSSR count). The zero-order valence-electron chi connectivity index (χ0n) is 14.7. The summed E-state index contributed by atoms with van der Waals surface area (Å²) < 4.78 is 0. The third kappa shape index (κ3) is 3.56. The Hall–Kier alpha value is -2.45. The molecule has 1 aromatic heterocycles. The average molecular weight is 377 g/mol. The van der Waals surface area contributed by atoms with Gasteiger partial charge in [0, 0.05) is 37.8 Å². The number of anilines is 1. The van der Waals surface area contributed by atoms with Crippen LogP contribution in [0.4, 0.5) is 5.82 Å². The molecule has 2 saturated heterocycles. The zero-order chi connectivity index (χ0) is 18.7. The fourth-order valence-corrected chi connectivity index (χ4v) is 3.59. The normalized spacial score (nSPS) is 22.3. The van der Waals surface area contributed by atoms with E-state index in [2.05, 4.69) is 25.5 Å². The van der Waals surface area contributed by atoms with Crippen molar-refractivity contribution in [1.82, 2.24) is 25.1 Å². The molecule has 26 heavy (non-hydrogen) atoms. The standard InChI is InChI=1S/C17H21ClN6O2/c1-12(21-14-3-6-19-10-20-14)9-13(18)15-16(26)22-17(24(15)11-25)4-7-23(2)8-5-17/h3,6,9-11H,4-5,7-8H2,1-2H3,(H,22,26)(H,19,20,21)/b12-9+,15-13+. The number of hydrogen-bond donors (Lipinski definition) is 2. The number of aromatic nitrogens is 2. The molecular formula is C17H21ClN6O2. The summed E-state index contributed by atoms with van der Waals surface area (Å²) in [5, 5.41) is 6.23. The molecule has 0 radical (unpaired) electrons. The van der Waals surface area contributed by atoms with Crippen LogP contribution in [-0.4, -0.2) is 57.9 Å². The number of allylic oxidation sites excluding steroid dienone is 3. The zero-order valence-corrected chi connectivity index (χ0v) is 15.5. The van der Waals surface area contributed by atoms with E-state index in [1.807, 2.05) is 7.05 Å². The Morgan fingerprint density at radius 2 is 2.15 bits per heavy atom. The highest BCUT2D eigenvalue weighted by Crippen LogP contribution is 2.35. The Bertz CT molecular complexity index is 756. The number of carbonyl (C=O) groups is 2. The first-order chi connectivity index (χ1) is 12.4. The van der Waals surface area contributed by atoms with Crippen molar-refractivity contribution in [2.75, 3.05) is 25.5 Å². The number of halogens is 1. The maximum atomic E-state index is 12.5. The first kappa shape index (κ1) is 18.3. The Morgan fingerprint density at radius 3 is 2.77 bits per heavy atom. The molecule has 0 bridgehead atoms. The molecule has 2 aliphatic heterocycles. The van der Waals surface area contributed by atoms with Crippen molar-refractivity contribution < 1.29 is 9.59 Å². The summed E-state index contributed by atoms with van der Waals surface area (Å²) in [6, 6.07) is 1.71. The molecule has 0 aliphatic carbocycles. The molecule has 1 aromatic rings. The van der Waals surface area contributed by atoms with Crippen LogP contribution >= 0.6 is 11.6 Å². The third-order valence-corrected chi connectivity index (χ3v) is 4.95. The molecule has 8 nitrogen and oxygen atoms in total. The van der Waals surface area contributed by atoms with Gasteiger partial charge in [0.05, 0.1) is 5.03 Å². The summed E-state index contributed by atoms with van der Waals surface area (Å²) >= 11 is 6.41. The van der Waals surface area contributed by atoms with Crippen molar-refractivity contribution in [3.63, 3.8) is 0 Å². The van der Waals surface area contributed by atoms with Crippen LogP contribution in [0.2, 0.25) is 0 Å². The lowest BCUT2D eigenvalue weighted by molar-refractivity contribution is -0.122. The van der Waals surface area contributed by atoms with Gasteiger partial charge < -0.3 is 15.5 Å². The van der Waals surface area contributed by atoms with Gasteiger partial charge in [-0.1, -0.05) is 11.6 Å². The topological polar surface area (TPSA) is 90.5 Å². The van der Waals surface area contributed by atoms with Crippen LogP contribution in [0.25, 0.3) is 0 Å². The van der Waals surface area contributed by atoms with E-state index in [4.69, 9.17) is 11.6 Å². The van der Waals surface area contributed by atoms with E-state index in [1.54, 1.807) is 25.3 Å². The molecule has 2 amide bonds. The van der Waals surface area contributed by atoms with E-state index in [0.717, 1.165) is 13.1 Å². The van der Waals surface area contributed by atoms with E-state index in [0.29, 0.717) is 30.8 Å². The van der Waals surface area contributed by atoms with Crippen molar-refractivity contribution in [2.45, 2.75) is 25.4 Å². The van der Waals surface area contributed by atoms with E-state index < -0.39 is 5.66 Å². The van der Waals surface area contributed by atoms with Crippen LogP contribution in [-0.2, 0) is 9.59 Å². The number of nitrogens with one attached hydrogen (secondary N) is 2. The Kier molecular flexibility index (Phi) is 5.24. The van der Waals surface area contributed by atoms with Crippen LogP contribution in [0.3, 0.4) is 0 Å². The molecular weight excluding hydrogens is 356 g/mol. The predicted octanol–water partition coefficient (Wildman–Crippen LogP) is 1.25. The monoisotopic (exact) mass is 376 g/mol. The number of carbonyl (C=O) groups excluding carboxylic acids is 2. The minimum absolute atomic E-state index is 0.176. The quantitative estimate of drug-likeness (QED) is 0.607. The summed E-state index contributed by atoms with van der Waals surface area (Å²) in [6.07, 6.45) is 6.65. The summed E-state index contributed by atoms with van der Waals surface area (Å²) in [5.74, 6) is 0.274. The molecule has 0 aromatic carbocycles. The molecule has 0 atom stereocenters. The van der Waals surface area contributed by atoms with Crippen LogP contribution in [0, 0.1) is 0 Å². The maximum absolute atomic E-state index is 12.5. The Labute approximate surface area is 156 Å². The number of rotatable bonds is 4. The maximum Gasteiger partial charge on any atom is 0.271 e. The van der Waals surface area contributed by atoms with Gasteiger partial charge in [-0.05, 0) is 26.1 Å². The predicted molar refractivity (Wildman–Crippen MR) is 97.8 cm³/mol. The van der Waals surface area contributed by atoms with Gasteiger partial charge >= 0.3 is 0 Å². The molecule has 3 heterocycles. The number of amides is 2. The molecule has 2 fully saturated rings. The van der Waals surface area contributed by atoms with Crippen molar-refractivity contribution in [1.29, 1.82) is 0 Å². The lowest BCUT2D eigenvalue weighted by Gasteiger charge is -2.41. The molecule has 138 valence electrons. The van der Waals surface area contributed by atoms with Gasteiger partial charge in [0.15, 0.2) is 0 Å². The van der Waals surface area contributed by atoms with E-state index in [1.165, 1.54) is 11.2 Å². The second-order valence-corrected chi connectivity index (χ2v) is 6.92. The molecule has 2 N–H and O–H groups in total. The fourth-order valence-electron chi connectivity index (χ4n) is 3.25. The number of piperidine rings is 1. The molecule has 9 heteroatoms. The summed E-state index contributed by atoms with van der Waals surface area (Å²) in [7, 11) is 2.02. The van der Waals surface area contributed by atoms with E-state index in [-0.39, 0.29) is 16.6 Å². The van der Waals surface area contributed by atoms with Gasteiger partial charge in [-0.15, -0.1) is 0 Å². The average Bonchev–Trinajstić information content (AvgIpc) is 2.89. The van der Waals surface area contributed by atoms with Gasteiger partial charge in [0.1, 0.15) is 23.5 Å². The number of nitrogens with zero attached hydrogens (tertiary/aromatic N) is 4. The van der Waals surface area contributed by atoms with Crippen molar-refractivity contribution in [3.8, 4) is 0 Å². The summed E-state index contributed by atoms with van der Waals surface area (Å²) in [5.41, 5.74) is 0.169. The highest BCUT2D eigenvalue weighted by Gasteiger charge is 2.49. The first-order valence-electron chi connectivity index (χ1n) is 8.32. The van der Waals surface area contributed by atoms with Gasteiger partial charge in [0.25, 0.3) is 5.91 Å². The molecule has 2 aliphatic rings. The van der Waals surface area contributed by atoms with Gasteiger partial charge in [-0.3, -0.25) is 14.5 Å². The number of hydrogen-bond acceptors (Lipinski definition) is 6. The molecule has 0 saturated carbocycles. The second-order valence-electron chi connectivity index (χ2n) is 6.51. The Morgan fingerprint density at radius 1 is 1.42 bits per heavy atom. The second kappa shape index (κ2) is 7.43. The molecule has 1 spiro atoms.